The van der Waals surface area contributed by atoms with Crippen molar-refractivity contribution in [1.82, 2.24) is 0 Å². The highest BCUT2D eigenvalue weighted by Gasteiger charge is 2.16. The van der Waals surface area contributed by atoms with Crippen molar-refractivity contribution < 1.29 is 0 Å². The Morgan fingerprint density at radius 3 is 1.81 bits per heavy atom. The minimum absolute atomic E-state index is 0.203. The quantitative estimate of drug-likeness (QED) is 0.170. The van der Waals surface area contributed by atoms with Crippen molar-refractivity contribution in [1.29, 1.82) is 0 Å². The monoisotopic (exact) mass is 604 g/mol. The average Bonchev–Trinajstić information content (AvgIpc) is 3.12. The van der Waals surface area contributed by atoms with Crippen LogP contribution in [0.1, 0.15) is 58.7 Å². The molecule has 0 spiro atoms. The standard InChI is InChI=1S/C47H40/c1-5-40(41-19-9-6-14-32(41)2)37-26-28-38(29-27-37)47(30-34(4)42-22-12-17-35-15-7-10-20-43(35)42)46-31-39(25-24-33(46)3)45-23-13-18-36-16-8-11-21-44(36)45/h5-31,34H,1-4H3/b40-5-,47-30-. The summed E-state index contributed by atoms with van der Waals surface area (Å²) in [4.78, 5) is 0. The van der Waals surface area contributed by atoms with Crippen LogP contribution in [0.25, 0.3) is 43.8 Å². The van der Waals surface area contributed by atoms with Gasteiger partial charge in [0.1, 0.15) is 0 Å². The van der Waals surface area contributed by atoms with Crippen LogP contribution in [0.4, 0.5) is 0 Å². The van der Waals surface area contributed by atoms with Crippen molar-refractivity contribution in [3.05, 3.63) is 203 Å². The van der Waals surface area contributed by atoms with E-state index >= 15 is 0 Å². The van der Waals surface area contributed by atoms with Crippen LogP contribution in [0.3, 0.4) is 0 Å². The topological polar surface area (TPSA) is 0 Å². The molecular weight excluding hydrogens is 565 g/mol. The van der Waals surface area contributed by atoms with Crippen LogP contribution in [0.2, 0.25) is 0 Å². The smallest absolute Gasteiger partial charge is 0.000513 e. The summed E-state index contributed by atoms with van der Waals surface area (Å²) in [6.45, 7) is 8.89. The van der Waals surface area contributed by atoms with Crippen LogP contribution >= 0.6 is 0 Å². The van der Waals surface area contributed by atoms with Crippen LogP contribution in [-0.2, 0) is 0 Å². The van der Waals surface area contributed by atoms with Gasteiger partial charge in [0, 0.05) is 5.92 Å². The van der Waals surface area contributed by atoms with Gasteiger partial charge < -0.3 is 0 Å². The third-order valence-electron chi connectivity index (χ3n) is 9.59. The van der Waals surface area contributed by atoms with Crippen LogP contribution in [0, 0.1) is 13.8 Å². The Kier molecular flexibility index (Phi) is 8.42. The molecule has 0 fully saturated rings. The summed E-state index contributed by atoms with van der Waals surface area (Å²) in [5.41, 5.74) is 13.9. The van der Waals surface area contributed by atoms with Gasteiger partial charge in [-0.1, -0.05) is 165 Å². The molecule has 7 aromatic carbocycles. The second kappa shape index (κ2) is 13.1. The fourth-order valence-corrected chi connectivity index (χ4v) is 7.07. The lowest BCUT2D eigenvalue weighted by molar-refractivity contribution is 0.981. The molecule has 0 bridgehead atoms. The van der Waals surface area contributed by atoms with Gasteiger partial charge in [-0.2, -0.15) is 0 Å². The Hall–Kier alpha value is -5.46. The first kappa shape index (κ1) is 30.2. The molecule has 0 saturated carbocycles. The van der Waals surface area contributed by atoms with Crippen molar-refractivity contribution in [2.45, 2.75) is 33.6 Å². The summed E-state index contributed by atoms with van der Waals surface area (Å²) in [7, 11) is 0. The van der Waals surface area contributed by atoms with E-state index in [-0.39, 0.29) is 5.92 Å². The average molecular weight is 605 g/mol. The van der Waals surface area contributed by atoms with Crippen molar-refractivity contribution in [2.75, 3.05) is 0 Å². The highest BCUT2D eigenvalue weighted by atomic mass is 14.2. The molecule has 0 aliphatic heterocycles. The number of aryl methyl sites for hydroxylation is 2. The van der Waals surface area contributed by atoms with E-state index in [4.69, 9.17) is 0 Å². The molecule has 228 valence electrons. The van der Waals surface area contributed by atoms with E-state index in [1.165, 1.54) is 82.8 Å². The molecule has 1 unspecified atom stereocenters. The van der Waals surface area contributed by atoms with Gasteiger partial charge in [-0.05, 0) is 110 Å². The molecule has 7 aromatic rings. The zero-order valence-electron chi connectivity index (χ0n) is 27.7. The first-order valence-corrected chi connectivity index (χ1v) is 16.6. The van der Waals surface area contributed by atoms with E-state index in [1.54, 1.807) is 0 Å². The summed E-state index contributed by atoms with van der Waals surface area (Å²) >= 11 is 0. The summed E-state index contributed by atoms with van der Waals surface area (Å²) in [5.74, 6) is 0.203. The molecule has 0 nitrogen and oxygen atoms in total. The maximum Gasteiger partial charge on any atom is 0.000513 e. The third-order valence-corrected chi connectivity index (χ3v) is 9.59. The Labute approximate surface area is 279 Å². The van der Waals surface area contributed by atoms with Gasteiger partial charge in [-0.15, -0.1) is 0 Å². The van der Waals surface area contributed by atoms with Crippen molar-refractivity contribution in [2.24, 2.45) is 0 Å². The predicted molar refractivity (Wildman–Crippen MR) is 204 cm³/mol. The van der Waals surface area contributed by atoms with Crippen molar-refractivity contribution >= 4 is 32.7 Å². The number of allylic oxidation sites excluding steroid dienone is 2. The summed E-state index contributed by atoms with van der Waals surface area (Å²) < 4.78 is 0. The highest BCUT2D eigenvalue weighted by molar-refractivity contribution is 5.98. The summed E-state index contributed by atoms with van der Waals surface area (Å²) in [5, 5.41) is 5.13. The number of fused-ring (bicyclic) bond motifs is 2. The molecule has 0 aliphatic rings. The maximum atomic E-state index is 2.48. The van der Waals surface area contributed by atoms with E-state index < -0.39 is 0 Å². The number of hydrogen-bond acceptors (Lipinski definition) is 0. The zero-order chi connectivity index (χ0) is 32.3. The minimum atomic E-state index is 0.203. The second-order valence-corrected chi connectivity index (χ2v) is 12.6. The first-order chi connectivity index (χ1) is 23.0. The highest BCUT2D eigenvalue weighted by Crippen LogP contribution is 2.37. The van der Waals surface area contributed by atoms with Crippen LogP contribution in [-0.4, -0.2) is 0 Å². The Balaban J connectivity index is 1.38. The van der Waals surface area contributed by atoms with E-state index in [0.29, 0.717) is 0 Å². The third kappa shape index (κ3) is 5.96. The molecule has 0 aromatic heterocycles. The normalized spacial score (nSPS) is 12.9. The molecule has 0 heteroatoms. The Morgan fingerprint density at radius 2 is 1.09 bits per heavy atom. The lowest BCUT2D eigenvalue weighted by Gasteiger charge is -2.19. The summed E-state index contributed by atoms with van der Waals surface area (Å²) in [6, 6.07) is 55.5. The molecule has 0 N–H and O–H groups in total. The molecule has 47 heavy (non-hydrogen) atoms. The van der Waals surface area contributed by atoms with Gasteiger partial charge in [-0.3, -0.25) is 0 Å². The van der Waals surface area contributed by atoms with Gasteiger partial charge >= 0.3 is 0 Å². The Bertz CT molecular complexity index is 2270. The fraction of sp³-hybridized carbons (Fsp3) is 0.106. The molecule has 0 radical (unpaired) electrons. The SMILES string of the molecule is C/C=C(/c1ccc(/C(=C/C(C)c2cccc3ccccc23)c2cc(-c3cccc4ccccc34)ccc2C)cc1)c1ccccc1C. The van der Waals surface area contributed by atoms with Crippen LogP contribution in [0.5, 0.6) is 0 Å². The molecular formula is C47H40. The minimum Gasteiger partial charge on any atom is -0.0792 e. The van der Waals surface area contributed by atoms with Gasteiger partial charge in [0.2, 0.25) is 0 Å². The molecule has 0 heterocycles. The number of rotatable bonds is 7. The lowest BCUT2D eigenvalue weighted by Crippen LogP contribution is -1.98. The maximum absolute atomic E-state index is 2.48. The largest absolute Gasteiger partial charge is 0.0792 e. The second-order valence-electron chi connectivity index (χ2n) is 12.6. The fourth-order valence-electron chi connectivity index (χ4n) is 7.07. The van der Waals surface area contributed by atoms with E-state index in [2.05, 4.69) is 192 Å². The van der Waals surface area contributed by atoms with Gasteiger partial charge in [0.05, 0.1) is 0 Å². The number of hydrogen-bond donors (Lipinski definition) is 0. The number of benzene rings is 7. The van der Waals surface area contributed by atoms with Gasteiger partial charge in [0.25, 0.3) is 0 Å². The molecule has 0 aliphatic carbocycles. The molecule has 0 amide bonds. The Morgan fingerprint density at radius 1 is 0.511 bits per heavy atom. The van der Waals surface area contributed by atoms with E-state index in [0.717, 1.165) is 0 Å². The van der Waals surface area contributed by atoms with E-state index in [9.17, 15) is 0 Å². The zero-order valence-corrected chi connectivity index (χ0v) is 27.7. The molecule has 7 rings (SSSR count). The van der Waals surface area contributed by atoms with Crippen LogP contribution in [0.15, 0.2) is 164 Å². The van der Waals surface area contributed by atoms with Gasteiger partial charge in [0.15, 0.2) is 0 Å². The van der Waals surface area contributed by atoms with Crippen LogP contribution < -0.4 is 0 Å². The van der Waals surface area contributed by atoms with Crippen molar-refractivity contribution in [3.8, 4) is 11.1 Å². The lowest BCUT2D eigenvalue weighted by atomic mass is 9.85. The van der Waals surface area contributed by atoms with Crippen molar-refractivity contribution in [3.63, 3.8) is 0 Å². The molecule has 1 atom stereocenters. The van der Waals surface area contributed by atoms with Gasteiger partial charge in [-0.25, -0.2) is 0 Å². The summed E-state index contributed by atoms with van der Waals surface area (Å²) in [6.07, 6.45) is 4.71. The first-order valence-electron chi connectivity index (χ1n) is 16.6. The predicted octanol–water partition coefficient (Wildman–Crippen LogP) is 13.0. The molecule has 0 saturated heterocycles. The van der Waals surface area contributed by atoms with E-state index in [1.807, 2.05) is 0 Å².